The Labute approximate surface area is 140 Å². The van der Waals surface area contributed by atoms with Gasteiger partial charge in [0.15, 0.2) is 0 Å². The SMILES string of the molecule is CCCCCCCCCCCC(O)CC(=O)CC1=CC=NC1=O. The smallest absolute Gasteiger partial charge is 0.273 e. The van der Waals surface area contributed by atoms with Crippen molar-refractivity contribution in [1.82, 2.24) is 0 Å². The van der Waals surface area contributed by atoms with E-state index in [1.807, 2.05) is 0 Å². The van der Waals surface area contributed by atoms with Crippen molar-refractivity contribution in [1.29, 1.82) is 0 Å². The van der Waals surface area contributed by atoms with E-state index in [9.17, 15) is 14.7 Å². The van der Waals surface area contributed by atoms with Gasteiger partial charge in [0.25, 0.3) is 5.91 Å². The largest absolute Gasteiger partial charge is 0.393 e. The Kier molecular flexibility index (Phi) is 10.5. The predicted octanol–water partition coefficient (Wildman–Crippen LogP) is 4.15. The summed E-state index contributed by atoms with van der Waals surface area (Å²) in [6.07, 6.45) is 14.5. The number of amides is 1. The first-order valence-electron chi connectivity index (χ1n) is 9.10. The lowest BCUT2D eigenvalue weighted by Crippen LogP contribution is -2.14. The number of nitrogens with zero attached hydrogens (tertiary/aromatic N) is 1. The summed E-state index contributed by atoms with van der Waals surface area (Å²) in [6.45, 7) is 2.23. The number of aliphatic imine (C=N–C) groups is 1. The number of unbranched alkanes of at least 4 members (excludes halogenated alkanes) is 8. The van der Waals surface area contributed by atoms with Crippen LogP contribution in [0.5, 0.6) is 0 Å². The number of Topliss-reactive ketones (excluding diaryl/α,β-unsaturated/α-hetero) is 1. The topological polar surface area (TPSA) is 66.7 Å². The Balaban J connectivity index is 1.96. The number of allylic oxidation sites excluding steroid dienone is 1. The van der Waals surface area contributed by atoms with Gasteiger partial charge in [-0.1, -0.05) is 64.7 Å². The number of carbonyl (C=O) groups is 2. The minimum absolute atomic E-state index is 0.0847. The summed E-state index contributed by atoms with van der Waals surface area (Å²) >= 11 is 0. The molecule has 4 heteroatoms. The molecule has 1 unspecified atom stereocenters. The van der Waals surface area contributed by atoms with E-state index >= 15 is 0 Å². The molecule has 0 saturated heterocycles. The van der Waals surface area contributed by atoms with Crippen LogP contribution in [-0.2, 0) is 9.59 Å². The second-order valence-electron chi connectivity index (χ2n) is 6.47. The summed E-state index contributed by atoms with van der Waals surface area (Å²) in [7, 11) is 0. The van der Waals surface area contributed by atoms with Gasteiger partial charge in [0.2, 0.25) is 0 Å². The molecule has 0 radical (unpaired) electrons. The van der Waals surface area contributed by atoms with Crippen molar-refractivity contribution >= 4 is 17.9 Å². The first-order chi connectivity index (χ1) is 11.1. The minimum atomic E-state index is -0.579. The highest BCUT2D eigenvalue weighted by Crippen LogP contribution is 2.15. The second-order valence-corrected chi connectivity index (χ2v) is 6.47. The Morgan fingerprint density at radius 1 is 1.09 bits per heavy atom. The van der Waals surface area contributed by atoms with Gasteiger partial charge in [-0.3, -0.25) is 9.59 Å². The van der Waals surface area contributed by atoms with Gasteiger partial charge >= 0.3 is 0 Å². The van der Waals surface area contributed by atoms with Crippen LogP contribution < -0.4 is 0 Å². The molecule has 1 aliphatic rings. The van der Waals surface area contributed by atoms with Crippen LogP contribution in [0.15, 0.2) is 16.6 Å². The molecule has 1 atom stereocenters. The molecule has 23 heavy (non-hydrogen) atoms. The van der Waals surface area contributed by atoms with E-state index in [-0.39, 0.29) is 24.5 Å². The number of aliphatic hydroxyl groups is 1. The van der Waals surface area contributed by atoms with Crippen LogP contribution in [0, 0.1) is 0 Å². The molecule has 1 heterocycles. The van der Waals surface area contributed by atoms with Gasteiger partial charge in [0.1, 0.15) is 5.78 Å². The summed E-state index contributed by atoms with van der Waals surface area (Å²) < 4.78 is 0. The van der Waals surface area contributed by atoms with Gasteiger partial charge in [-0.2, -0.15) is 0 Å². The Morgan fingerprint density at radius 3 is 2.26 bits per heavy atom. The number of hydrogen-bond acceptors (Lipinski definition) is 3. The van der Waals surface area contributed by atoms with Gasteiger partial charge in [0.05, 0.1) is 6.10 Å². The van der Waals surface area contributed by atoms with Crippen LogP contribution in [-0.4, -0.2) is 29.1 Å². The number of carbonyl (C=O) groups excluding carboxylic acids is 2. The maximum atomic E-state index is 11.8. The van der Waals surface area contributed by atoms with E-state index in [1.165, 1.54) is 51.2 Å². The number of hydrogen-bond donors (Lipinski definition) is 1. The number of aliphatic hydroxyl groups excluding tert-OH is 1. The molecule has 1 rings (SSSR count). The van der Waals surface area contributed by atoms with Crippen molar-refractivity contribution in [2.24, 2.45) is 4.99 Å². The molecule has 0 saturated carbocycles. The van der Waals surface area contributed by atoms with E-state index in [0.717, 1.165) is 12.8 Å². The number of ketones is 1. The summed E-state index contributed by atoms with van der Waals surface area (Å²) in [5, 5.41) is 9.90. The quantitative estimate of drug-likeness (QED) is 0.489. The van der Waals surface area contributed by atoms with Gasteiger partial charge in [-0.15, -0.1) is 0 Å². The van der Waals surface area contributed by atoms with Crippen molar-refractivity contribution in [3.63, 3.8) is 0 Å². The van der Waals surface area contributed by atoms with Crippen LogP contribution in [0.2, 0.25) is 0 Å². The zero-order valence-corrected chi connectivity index (χ0v) is 14.4. The molecular formula is C19H31NO3. The van der Waals surface area contributed by atoms with E-state index in [4.69, 9.17) is 0 Å². The van der Waals surface area contributed by atoms with Gasteiger partial charge in [-0.05, 0) is 12.5 Å². The molecule has 1 N–H and O–H groups in total. The van der Waals surface area contributed by atoms with Gasteiger partial charge in [-0.25, -0.2) is 4.99 Å². The molecule has 0 bridgehead atoms. The molecule has 1 amide bonds. The zero-order chi connectivity index (χ0) is 16.9. The lowest BCUT2D eigenvalue weighted by atomic mass is 10.0. The predicted molar refractivity (Wildman–Crippen MR) is 93.7 cm³/mol. The molecule has 0 aromatic heterocycles. The van der Waals surface area contributed by atoms with Crippen LogP contribution in [0.3, 0.4) is 0 Å². The summed E-state index contributed by atoms with van der Waals surface area (Å²) in [4.78, 5) is 26.7. The van der Waals surface area contributed by atoms with Gasteiger partial charge < -0.3 is 5.11 Å². The molecule has 0 aromatic rings. The average Bonchev–Trinajstić information content (AvgIpc) is 2.90. The summed E-state index contributed by atoms with van der Waals surface area (Å²) in [5.41, 5.74) is 0.435. The summed E-state index contributed by atoms with van der Waals surface area (Å²) in [5.74, 6) is -0.412. The van der Waals surface area contributed by atoms with Crippen LogP contribution >= 0.6 is 0 Å². The summed E-state index contributed by atoms with van der Waals surface area (Å²) in [6, 6.07) is 0. The molecular weight excluding hydrogens is 290 g/mol. The molecule has 0 fully saturated rings. The molecule has 4 nitrogen and oxygen atoms in total. The van der Waals surface area contributed by atoms with E-state index in [0.29, 0.717) is 12.0 Å². The number of rotatable bonds is 14. The average molecular weight is 321 g/mol. The Morgan fingerprint density at radius 2 is 1.70 bits per heavy atom. The first kappa shape index (κ1) is 19.8. The Hall–Kier alpha value is -1.29. The third-order valence-corrected chi connectivity index (χ3v) is 4.23. The third kappa shape index (κ3) is 9.44. The third-order valence-electron chi connectivity index (χ3n) is 4.23. The standard InChI is InChI=1S/C19H31NO3/c1-2-3-4-5-6-7-8-9-10-11-17(21)15-18(22)14-16-12-13-20-19(16)23/h12-13,17,21H,2-11,14-15H2,1H3. The maximum absolute atomic E-state index is 11.8. The monoisotopic (exact) mass is 321 g/mol. The lowest BCUT2D eigenvalue weighted by molar-refractivity contribution is -0.122. The van der Waals surface area contributed by atoms with E-state index in [2.05, 4.69) is 11.9 Å². The highest BCUT2D eigenvalue weighted by atomic mass is 16.3. The van der Waals surface area contributed by atoms with Crippen molar-refractivity contribution in [3.8, 4) is 0 Å². The van der Waals surface area contributed by atoms with Crippen molar-refractivity contribution < 1.29 is 14.7 Å². The fourth-order valence-electron chi connectivity index (χ4n) is 2.82. The highest BCUT2D eigenvalue weighted by molar-refractivity contribution is 6.10. The Bertz CT molecular complexity index is 426. The van der Waals surface area contributed by atoms with Crippen molar-refractivity contribution in [2.45, 2.75) is 90.1 Å². The zero-order valence-electron chi connectivity index (χ0n) is 14.4. The van der Waals surface area contributed by atoms with Crippen molar-refractivity contribution in [3.05, 3.63) is 11.6 Å². The van der Waals surface area contributed by atoms with E-state index in [1.54, 1.807) is 6.08 Å². The molecule has 0 aromatic carbocycles. The van der Waals surface area contributed by atoms with Crippen molar-refractivity contribution in [2.75, 3.05) is 0 Å². The van der Waals surface area contributed by atoms with Crippen LogP contribution in [0.1, 0.15) is 84.0 Å². The molecule has 1 aliphatic heterocycles. The highest BCUT2D eigenvalue weighted by Gasteiger charge is 2.17. The van der Waals surface area contributed by atoms with Crippen LogP contribution in [0.4, 0.5) is 0 Å². The second kappa shape index (κ2) is 12.2. The van der Waals surface area contributed by atoms with E-state index < -0.39 is 6.10 Å². The normalized spacial score (nSPS) is 15.0. The minimum Gasteiger partial charge on any atom is -0.393 e. The first-order valence-corrected chi connectivity index (χ1v) is 9.10. The maximum Gasteiger partial charge on any atom is 0.273 e. The fraction of sp³-hybridized carbons (Fsp3) is 0.737. The lowest BCUT2D eigenvalue weighted by Gasteiger charge is -2.09. The fourth-order valence-corrected chi connectivity index (χ4v) is 2.82. The molecule has 130 valence electrons. The van der Waals surface area contributed by atoms with Gasteiger partial charge in [0, 0.05) is 24.6 Å². The molecule has 0 spiro atoms. The molecule has 0 aliphatic carbocycles. The van der Waals surface area contributed by atoms with Crippen LogP contribution in [0.25, 0.3) is 0 Å².